The molecule has 0 spiro atoms. The van der Waals surface area contributed by atoms with Gasteiger partial charge in [0.15, 0.2) is 0 Å². The average Bonchev–Trinajstić information content (AvgIpc) is 2.11. The van der Waals surface area contributed by atoms with E-state index >= 15 is 0 Å². The van der Waals surface area contributed by atoms with Crippen molar-refractivity contribution in [2.75, 3.05) is 0 Å². The van der Waals surface area contributed by atoms with Gasteiger partial charge in [-0.15, -0.1) is 6.42 Å². The van der Waals surface area contributed by atoms with Crippen LogP contribution in [0.15, 0.2) is 18.2 Å². The molecule has 0 aliphatic heterocycles. The summed E-state index contributed by atoms with van der Waals surface area (Å²) in [4.78, 5) is 0. The third kappa shape index (κ3) is 42.8. The Morgan fingerprint density at radius 2 is 1.46 bits per heavy atom. The van der Waals surface area contributed by atoms with Crippen LogP contribution in [0.1, 0.15) is 6.42 Å². The molecule has 5 heteroatoms. The summed E-state index contributed by atoms with van der Waals surface area (Å²) in [6.07, 6.45) is 10.0. The molecule has 0 unspecified atom stereocenters. The van der Waals surface area contributed by atoms with Crippen LogP contribution in [-0.2, 0) is 21.7 Å². The summed E-state index contributed by atoms with van der Waals surface area (Å²) in [5.74, 6) is 0. The summed E-state index contributed by atoms with van der Waals surface area (Å²) in [5.41, 5.74) is 0. The molecule has 75 valence electrons. The molecule has 0 nitrogen and oxygen atoms in total. The zero-order chi connectivity index (χ0) is 7.11. The quantitative estimate of drug-likeness (QED) is 0.308. The first-order chi connectivity index (χ1) is 4.23. The third-order valence-corrected chi connectivity index (χ3v) is 0.586. The first kappa shape index (κ1) is 29.2. The molecule has 1 aliphatic rings. The van der Waals surface area contributed by atoms with Crippen LogP contribution < -0.4 is 37.2 Å². The van der Waals surface area contributed by atoms with E-state index in [-0.39, 0.29) is 67.7 Å². The Balaban J connectivity index is -0.0000000256. The molecule has 13 heavy (non-hydrogen) atoms. The fraction of sp³-hybridized carbons (Fsp3) is 0.500. The predicted molar refractivity (Wildman–Crippen MR) is 44.9 cm³/mol. The summed E-state index contributed by atoms with van der Waals surface area (Å²) < 4.78 is 0. The Hall–Kier alpha value is 1.28. The van der Waals surface area contributed by atoms with Crippen molar-refractivity contribution in [3.63, 3.8) is 0 Å². The molecule has 0 saturated heterocycles. The van der Waals surface area contributed by atoms with Gasteiger partial charge in [-0.05, 0) is 0 Å². The minimum Gasteiger partial charge on any atom is -1.00 e. The number of allylic oxidation sites excluding steroid dienone is 4. The zero-order valence-electron chi connectivity index (χ0n) is 8.07. The summed E-state index contributed by atoms with van der Waals surface area (Å²) in [6, 6.07) is 0. The van der Waals surface area contributed by atoms with Gasteiger partial charge in [0, 0.05) is 8.80 Å². The van der Waals surface area contributed by atoms with E-state index in [1.54, 1.807) is 0 Å². The van der Waals surface area contributed by atoms with E-state index in [1.807, 2.05) is 12.2 Å². The molecule has 1 radical (unpaired) electrons. The van der Waals surface area contributed by atoms with Crippen LogP contribution in [0.5, 0.6) is 0 Å². The Kier molecular flexibility index (Phi) is 52.3. The molecular weight excluding hydrogens is 278 g/mol. The number of halogens is 3. The van der Waals surface area contributed by atoms with Crippen molar-refractivity contribution in [1.29, 1.82) is 0 Å². The molecule has 0 N–H and O–H groups in total. The van der Waals surface area contributed by atoms with Crippen LogP contribution in [0.4, 0.5) is 0 Å². The number of hydrogen-bond donors (Lipinski definition) is 0. The first-order valence-electron chi connectivity index (χ1n) is 3.22. The van der Waals surface area contributed by atoms with Crippen LogP contribution in [0.3, 0.4) is 0 Å². The van der Waals surface area contributed by atoms with E-state index < -0.39 is 0 Å². The standard InChI is InChI=1S/C5H5.C3H9Si.3ClH.Ti/c1-2-4-5-3-1;1-4(2)3;;;;/h1-3H,4H2;1-3H3;3*1H;/q-1;;;;;+4/p-3. The Morgan fingerprint density at radius 1 is 1.08 bits per heavy atom. The monoisotopic (exact) mass is 291 g/mol. The molecular formula is C8H14Cl3SiTi. The number of hydrogen-bond acceptors (Lipinski definition) is 0. The first-order valence-corrected chi connectivity index (χ1v) is 6.22. The summed E-state index contributed by atoms with van der Waals surface area (Å²) in [6.45, 7) is 6.81. The molecule has 0 fully saturated rings. The zero-order valence-corrected chi connectivity index (χ0v) is 12.9. The minimum absolute atomic E-state index is 0. The average molecular weight is 293 g/mol. The van der Waals surface area contributed by atoms with Crippen molar-refractivity contribution in [3.8, 4) is 0 Å². The van der Waals surface area contributed by atoms with Gasteiger partial charge in [0.2, 0.25) is 0 Å². The third-order valence-electron chi connectivity index (χ3n) is 0.586. The topological polar surface area (TPSA) is 0 Å². The van der Waals surface area contributed by atoms with Crippen LogP contribution in [0.25, 0.3) is 0 Å². The van der Waals surface area contributed by atoms with Crippen molar-refractivity contribution in [2.45, 2.75) is 26.1 Å². The van der Waals surface area contributed by atoms with E-state index in [0.29, 0.717) is 0 Å². The van der Waals surface area contributed by atoms with Crippen molar-refractivity contribution >= 4 is 8.80 Å². The summed E-state index contributed by atoms with van der Waals surface area (Å²) in [7, 11) is 0.120. The van der Waals surface area contributed by atoms with Crippen LogP contribution >= 0.6 is 0 Å². The second-order valence-electron chi connectivity index (χ2n) is 2.50. The largest absolute Gasteiger partial charge is 4.00 e. The Morgan fingerprint density at radius 3 is 1.54 bits per heavy atom. The molecule has 0 aromatic rings. The van der Waals surface area contributed by atoms with Crippen molar-refractivity contribution in [3.05, 3.63) is 24.3 Å². The van der Waals surface area contributed by atoms with Crippen molar-refractivity contribution in [2.24, 2.45) is 0 Å². The fourth-order valence-electron chi connectivity index (χ4n) is 0.340. The van der Waals surface area contributed by atoms with Gasteiger partial charge in [-0.25, -0.2) is 12.2 Å². The fourth-order valence-corrected chi connectivity index (χ4v) is 0.340. The molecule has 1 rings (SSSR count). The van der Waals surface area contributed by atoms with Gasteiger partial charge < -0.3 is 37.2 Å². The van der Waals surface area contributed by atoms with Gasteiger partial charge in [-0.2, -0.15) is 6.08 Å². The molecule has 0 bridgehead atoms. The maximum Gasteiger partial charge on any atom is 4.00 e. The molecule has 0 amide bonds. The normalized spacial score (nSPS) is 9.54. The smallest absolute Gasteiger partial charge is 1.00 e. The molecule has 0 atom stereocenters. The van der Waals surface area contributed by atoms with E-state index in [0.717, 1.165) is 6.42 Å². The van der Waals surface area contributed by atoms with Gasteiger partial charge in [0.1, 0.15) is 0 Å². The molecule has 1 aliphatic carbocycles. The van der Waals surface area contributed by atoms with Crippen LogP contribution in [0.2, 0.25) is 19.6 Å². The van der Waals surface area contributed by atoms with E-state index in [2.05, 4.69) is 31.8 Å². The van der Waals surface area contributed by atoms with Crippen LogP contribution in [0, 0.1) is 6.08 Å². The van der Waals surface area contributed by atoms with Gasteiger partial charge in [0.25, 0.3) is 0 Å². The minimum atomic E-state index is 0. The van der Waals surface area contributed by atoms with Gasteiger partial charge >= 0.3 is 21.7 Å². The van der Waals surface area contributed by atoms with Gasteiger partial charge in [-0.1, -0.05) is 19.6 Å². The van der Waals surface area contributed by atoms with Crippen molar-refractivity contribution in [1.82, 2.24) is 0 Å². The predicted octanol–water partition coefficient (Wildman–Crippen LogP) is -6.31. The maximum absolute atomic E-state index is 2.99. The SMILES string of the molecule is C[Si](C)C.[C-]1=CC=CC1.[Cl-].[Cl-].[Cl-].[Ti+4]. The molecule has 0 heterocycles. The Labute approximate surface area is 117 Å². The second kappa shape index (κ2) is 23.3. The van der Waals surface area contributed by atoms with Gasteiger partial charge in [-0.3, -0.25) is 6.08 Å². The number of rotatable bonds is 0. The van der Waals surface area contributed by atoms with Crippen molar-refractivity contribution < 1.29 is 58.9 Å². The molecule has 0 aromatic carbocycles. The molecule has 0 aromatic heterocycles. The van der Waals surface area contributed by atoms with Crippen LogP contribution in [-0.4, -0.2) is 8.80 Å². The van der Waals surface area contributed by atoms with Gasteiger partial charge in [0.05, 0.1) is 0 Å². The van der Waals surface area contributed by atoms with E-state index in [1.165, 1.54) is 0 Å². The Bertz CT molecular complexity index is 103. The second-order valence-corrected chi connectivity index (χ2v) is 5.50. The van der Waals surface area contributed by atoms with E-state index in [4.69, 9.17) is 0 Å². The summed E-state index contributed by atoms with van der Waals surface area (Å²) >= 11 is 0. The maximum atomic E-state index is 2.99. The summed E-state index contributed by atoms with van der Waals surface area (Å²) in [5, 5.41) is 0. The van der Waals surface area contributed by atoms with E-state index in [9.17, 15) is 0 Å². The molecule has 0 saturated carbocycles.